The number of hydrogen-bond donors (Lipinski definition) is 3. The molecule has 0 aliphatic carbocycles. The standard InChI is InChI=1S/C19H35NO8/c1-11-14(22)13(21)10-8-9-12(15(23)26-11)20(16(24)27-18(2,3)4)17(25)28-19(5,6)7/h11-15,21-23H,8-10H2,1-7H3/t11-,12?,13-,14-,15?/m0/s1. The van der Waals surface area contributed by atoms with Gasteiger partial charge in [-0.1, -0.05) is 0 Å². The van der Waals surface area contributed by atoms with Gasteiger partial charge in [0.15, 0.2) is 6.29 Å². The second-order valence-electron chi connectivity index (χ2n) is 9.12. The number of rotatable bonds is 1. The first-order chi connectivity index (χ1) is 12.6. The molecule has 0 bridgehead atoms. The van der Waals surface area contributed by atoms with Crippen LogP contribution in [0.3, 0.4) is 0 Å². The fourth-order valence-electron chi connectivity index (χ4n) is 2.78. The molecule has 1 aliphatic rings. The van der Waals surface area contributed by atoms with E-state index in [0.717, 1.165) is 4.90 Å². The summed E-state index contributed by atoms with van der Waals surface area (Å²) >= 11 is 0. The summed E-state index contributed by atoms with van der Waals surface area (Å²) in [6.45, 7) is 11.4. The highest BCUT2D eigenvalue weighted by atomic mass is 16.6. The third-order valence-corrected chi connectivity index (χ3v) is 4.07. The summed E-state index contributed by atoms with van der Waals surface area (Å²) < 4.78 is 16.1. The van der Waals surface area contributed by atoms with Crippen LogP contribution < -0.4 is 0 Å². The number of aliphatic hydroxyl groups is 3. The van der Waals surface area contributed by atoms with Crippen molar-refractivity contribution >= 4 is 12.2 Å². The zero-order valence-corrected chi connectivity index (χ0v) is 17.8. The van der Waals surface area contributed by atoms with Gasteiger partial charge in [0.25, 0.3) is 0 Å². The summed E-state index contributed by atoms with van der Waals surface area (Å²) in [6, 6.07) is -1.11. The van der Waals surface area contributed by atoms with Gasteiger partial charge in [0.1, 0.15) is 17.3 Å². The lowest BCUT2D eigenvalue weighted by Gasteiger charge is -2.35. The molecule has 0 aromatic rings. The maximum Gasteiger partial charge on any atom is 0.420 e. The minimum atomic E-state index is -1.59. The Morgan fingerprint density at radius 1 is 0.929 bits per heavy atom. The first-order valence-electron chi connectivity index (χ1n) is 9.57. The zero-order chi connectivity index (χ0) is 21.9. The number of aliphatic hydroxyl groups excluding tert-OH is 3. The fourth-order valence-corrected chi connectivity index (χ4v) is 2.78. The van der Waals surface area contributed by atoms with Crippen LogP contribution in [0.5, 0.6) is 0 Å². The molecule has 3 N–H and O–H groups in total. The highest BCUT2D eigenvalue weighted by Crippen LogP contribution is 2.25. The predicted molar refractivity (Wildman–Crippen MR) is 101 cm³/mol. The molecule has 28 heavy (non-hydrogen) atoms. The monoisotopic (exact) mass is 405 g/mol. The van der Waals surface area contributed by atoms with Crippen LogP contribution in [0, 0.1) is 0 Å². The molecule has 0 aromatic heterocycles. The van der Waals surface area contributed by atoms with Crippen molar-refractivity contribution in [3.05, 3.63) is 0 Å². The summed E-state index contributed by atoms with van der Waals surface area (Å²) in [5, 5.41) is 30.6. The number of amides is 2. The van der Waals surface area contributed by atoms with E-state index in [0.29, 0.717) is 6.42 Å². The lowest BCUT2D eigenvalue weighted by Crippen LogP contribution is -2.54. The van der Waals surface area contributed by atoms with Crippen molar-refractivity contribution in [3.8, 4) is 0 Å². The second kappa shape index (κ2) is 9.39. The Morgan fingerprint density at radius 3 is 1.82 bits per heavy atom. The third-order valence-electron chi connectivity index (χ3n) is 4.07. The molecule has 1 saturated heterocycles. The molecular weight excluding hydrogens is 370 g/mol. The van der Waals surface area contributed by atoms with E-state index < -0.39 is 54.0 Å². The third kappa shape index (κ3) is 7.54. The molecule has 1 heterocycles. The molecule has 0 spiro atoms. The maximum atomic E-state index is 12.8. The number of nitrogens with zero attached hydrogens (tertiary/aromatic N) is 1. The molecule has 1 fully saturated rings. The minimum Gasteiger partial charge on any atom is -0.443 e. The Kier molecular flexibility index (Phi) is 8.25. The number of ether oxygens (including phenoxy) is 3. The number of carbonyl (C=O) groups excluding carboxylic acids is 2. The summed E-state index contributed by atoms with van der Waals surface area (Å²) in [4.78, 5) is 26.2. The molecule has 2 unspecified atom stereocenters. The zero-order valence-electron chi connectivity index (χ0n) is 17.8. The summed E-state index contributed by atoms with van der Waals surface area (Å²) in [5.41, 5.74) is -1.75. The van der Waals surface area contributed by atoms with Crippen LogP contribution in [0.4, 0.5) is 9.59 Å². The van der Waals surface area contributed by atoms with E-state index >= 15 is 0 Å². The van der Waals surface area contributed by atoms with Gasteiger partial charge < -0.3 is 29.5 Å². The van der Waals surface area contributed by atoms with Gasteiger partial charge in [-0.05, 0) is 67.7 Å². The Labute approximate surface area is 166 Å². The van der Waals surface area contributed by atoms with Gasteiger partial charge in [-0.3, -0.25) is 0 Å². The average molecular weight is 405 g/mol. The van der Waals surface area contributed by atoms with Gasteiger partial charge in [0.2, 0.25) is 0 Å². The van der Waals surface area contributed by atoms with Crippen molar-refractivity contribution in [2.45, 2.75) is 110 Å². The first-order valence-corrected chi connectivity index (χ1v) is 9.57. The van der Waals surface area contributed by atoms with Crippen LogP contribution in [0.25, 0.3) is 0 Å². The van der Waals surface area contributed by atoms with E-state index in [1.165, 1.54) is 6.92 Å². The molecule has 1 rings (SSSR count). The Hall–Kier alpha value is -1.42. The summed E-state index contributed by atoms with van der Waals surface area (Å²) in [6.07, 6.45) is -6.00. The molecule has 0 radical (unpaired) electrons. The van der Waals surface area contributed by atoms with Gasteiger partial charge in [0.05, 0.1) is 18.2 Å². The van der Waals surface area contributed by atoms with Gasteiger partial charge in [-0.25, -0.2) is 14.5 Å². The predicted octanol–water partition coefficient (Wildman–Crippen LogP) is 2.16. The topological polar surface area (TPSA) is 126 Å². The van der Waals surface area contributed by atoms with Crippen molar-refractivity contribution in [3.63, 3.8) is 0 Å². The molecular formula is C19H35NO8. The van der Waals surface area contributed by atoms with Crippen LogP contribution in [-0.2, 0) is 14.2 Å². The first kappa shape index (κ1) is 24.6. The van der Waals surface area contributed by atoms with E-state index in [4.69, 9.17) is 14.2 Å². The van der Waals surface area contributed by atoms with Gasteiger partial charge in [-0.15, -0.1) is 0 Å². The van der Waals surface area contributed by atoms with Crippen molar-refractivity contribution in [1.82, 2.24) is 4.90 Å². The highest BCUT2D eigenvalue weighted by Gasteiger charge is 2.42. The average Bonchev–Trinajstić information content (AvgIpc) is 2.51. The maximum absolute atomic E-state index is 12.8. The Balaban J connectivity index is 3.20. The summed E-state index contributed by atoms with van der Waals surface area (Å²) in [7, 11) is 0. The van der Waals surface area contributed by atoms with Crippen LogP contribution in [0.15, 0.2) is 0 Å². The van der Waals surface area contributed by atoms with E-state index in [1.807, 2.05) is 0 Å². The van der Waals surface area contributed by atoms with Gasteiger partial charge in [-0.2, -0.15) is 0 Å². The van der Waals surface area contributed by atoms with E-state index in [2.05, 4.69) is 0 Å². The normalized spacial score (nSPS) is 29.9. The number of carbonyl (C=O) groups is 2. The number of imide groups is 1. The molecule has 2 amide bonds. The number of hydrogen-bond acceptors (Lipinski definition) is 8. The van der Waals surface area contributed by atoms with Crippen LogP contribution in [0.1, 0.15) is 67.7 Å². The largest absolute Gasteiger partial charge is 0.443 e. The van der Waals surface area contributed by atoms with Gasteiger partial charge >= 0.3 is 12.2 Å². The smallest absolute Gasteiger partial charge is 0.420 e. The van der Waals surface area contributed by atoms with E-state index in [1.54, 1.807) is 41.5 Å². The minimum absolute atomic E-state index is 0.135. The Bertz CT molecular complexity index is 511. The quantitative estimate of drug-likeness (QED) is 0.606. The second-order valence-corrected chi connectivity index (χ2v) is 9.12. The van der Waals surface area contributed by atoms with Crippen LogP contribution in [-0.4, -0.2) is 74.3 Å². The van der Waals surface area contributed by atoms with Gasteiger partial charge in [0, 0.05) is 0 Å². The molecule has 5 atom stereocenters. The summed E-state index contributed by atoms with van der Waals surface area (Å²) in [5.74, 6) is 0. The highest BCUT2D eigenvalue weighted by molar-refractivity contribution is 5.88. The van der Waals surface area contributed by atoms with Crippen LogP contribution >= 0.6 is 0 Å². The lowest BCUT2D eigenvalue weighted by molar-refractivity contribution is -0.193. The molecule has 0 saturated carbocycles. The fraction of sp³-hybridized carbons (Fsp3) is 0.895. The SMILES string of the molecule is C[C@@H]1OC(O)C(N(C(=O)OC(C)(C)C)C(=O)OC(C)(C)C)CCC[C@H](O)[C@H]1O. The molecule has 164 valence electrons. The van der Waals surface area contributed by atoms with Crippen molar-refractivity contribution < 1.29 is 39.1 Å². The molecule has 1 aliphatic heterocycles. The Morgan fingerprint density at radius 2 is 1.39 bits per heavy atom. The van der Waals surface area contributed by atoms with Crippen molar-refractivity contribution in [2.75, 3.05) is 0 Å². The van der Waals surface area contributed by atoms with E-state index in [9.17, 15) is 24.9 Å². The van der Waals surface area contributed by atoms with Crippen LogP contribution in [0.2, 0.25) is 0 Å². The molecule has 9 nitrogen and oxygen atoms in total. The van der Waals surface area contributed by atoms with Crippen molar-refractivity contribution in [2.24, 2.45) is 0 Å². The molecule has 0 aromatic carbocycles. The molecule has 9 heteroatoms. The lowest BCUT2D eigenvalue weighted by atomic mass is 10.0. The van der Waals surface area contributed by atoms with E-state index in [-0.39, 0.29) is 12.8 Å². The van der Waals surface area contributed by atoms with Crippen molar-refractivity contribution in [1.29, 1.82) is 0 Å².